The van der Waals surface area contributed by atoms with E-state index in [1.165, 1.54) is 37.7 Å². The van der Waals surface area contributed by atoms with Gasteiger partial charge < -0.3 is 19.5 Å². The number of carbonyl (C=O) groups is 1. The number of aromatic nitrogens is 2. The third kappa shape index (κ3) is 4.81. The number of hydrogen-bond acceptors (Lipinski definition) is 10. The SMILES string of the molecule is CCOC(=O)c1c(-c2ccc([N+](=O)[O-])cc2)csc1Nc1nc(Cl)nc2cc(OC)c(OC)cc12. The number of benzene rings is 2. The van der Waals surface area contributed by atoms with E-state index in [9.17, 15) is 14.9 Å². The molecule has 180 valence electrons. The van der Waals surface area contributed by atoms with Crippen LogP contribution in [0.25, 0.3) is 22.0 Å². The number of rotatable bonds is 8. The van der Waals surface area contributed by atoms with E-state index in [1.54, 1.807) is 36.6 Å². The molecule has 4 rings (SSSR count). The predicted octanol–water partition coefficient (Wildman–Crippen LogP) is 5.86. The van der Waals surface area contributed by atoms with Crippen molar-refractivity contribution >= 4 is 56.3 Å². The number of non-ortho nitro benzene ring substituents is 1. The lowest BCUT2D eigenvalue weighted by Crippen LogP contribution is -2.08. The molecule has 35 heavy (non-hydrogen) atoms. The van der Waals surface area contributed by atoms with Gasteiger partial charge in [-0.25, -0.2) is 9.78 Å². The van der Waals surface area contributed by atoms with Crippen LogP contribution in [0, 0.1) is 10.1 Å². The number of esters is 1. The fraction of sp³-hybridized carbons (Fsp3) is 0.174. The summed E-state index contributed by atoms with van der Waals surface area (Å²) in [4.78, 5) is 32.1. The van der Waals surface area contributed by atoms with E-state index in [4.69, 9.17) is 25.8 Å². The number of methoxy groups -OCH3 is 2. The minimum Gasteiger partial charge on any atom is -0.493 e. The Morgan fingerprint density at radius 2 is 1.83 bits per heavy atom. The lowest BCUT2D eigenvalue weighted by Gasteiger charge is -2.13. The molecule has 0 bridgehead atoms. The highest BCUT2D eigenvalue weighted by atomic mass is 35.5. The van der Waals surface area contributed by atoms with Gasteiger partial charge in [-0.3, -0.25) is 10.1 Å². The molecule has 0 spiro atoms. The molecule has 4 aromatic rings. The number of ether oxygens (including phenoxy) is 3. The van der Waals surface area contributed by atoms with E-state index in [2.05, 4.69) is 15.3 Å². The van der Waals surface area contributed by atoms with Gasteiger partial charge in [-0.15, -0.1) is 11.3 Å². The molecule has 0 unspecified atom stereocenters. The molecule has 2 heterocycles. The molecule has 12 heteroatoms. The molecule has 1 N–H and O–H groups in total. The van der Waals surface area contributed by atoms with Crippen LogP contribution in [0.5, 0.6) is 11.5 Å². The number of thiophene rings is 1. The molecule has 0 atom stereocenters. The second kappa shape index (κ2) is 10.1. The minimum absolute atomic E-state index is 0.00273. The van der Waals surface area contributed by atoms with Gasteiger partial charge in [0.2, 0.25) is 5.28 Å². The van der Waals surface area contributed by atoms with E-state index in [0.717, 1.165) is 0 Å². The molecular formula is C23H19ClN4O6S. The molecule has 0 amide bonds. The van der Waals surface area contributed by atoms with Crippen molar-refractivity contribution in [2.45, 2.75) is 6.92 Å². The fourth-order valence-corrected chi connectivity index (χ4v) is 4.59. The maximum absolute atomic E-state index is 12.9. The van der Waals surface area contributed by atoms with Crippen LogP contribution in [0.3, 0.4) is 0 Å². The average molecular weight is 515 g/mol. The van der Waals surface area contributed by atoms with Gasteiger partial charge in [0.05, 0.1) is 31.3 Å². The second-order valence-corrected chi connectivity index (χ2v) is 8.29. The lowest BCUT2D eigenvalue weighted by molar-refractivity contribution is -0.384. The maximum Gasteiger partial charge on any atom is 0.341 e. The van der Waals surface area contributed by atoms with Crippen molar-refractivity contribution in [2.75, 3.05) is 26.1 Å². The molecule has 0 saturated carbocycles. The zero-order valence-corrected chi connectivity index (χ0v) is 20.4. The molecule has 0 aliphatic rings. The summed E-state index contributed by atoms with van der Waals surface area (Å²) in [5, 5.41) is 17.0. The predicted molar refractivity (Wildman–Crippen MR) is 133 cm³/mol. The van der Waals surface area contributed by atoms with Gasteiger partial charge in [0, 0.05) is 34.5 Å². The topological polar surface area (TPSA) is 126 Å². The number of hydrogen-bond donors (Lipinski definition) is 1. The van der Waals surface area contributed by atoms with Crippen LogP contribution in [-0.2, 0) is 4.74 Å². The van der Waals surface area contributed by atoms with Crippen molar-refractivity contribution in [2.24, 2.45) is 0 Å². The summed E-state index contributed by atoms with van der Waals surface area (Å²) in [6.07, 6.45) is 0. The number of nitrogens with one attached hydrogen (secondary N) is 1. The first kappa shape index (κ1) is 24.2. The third-order valence-corrected chi connectivity index (χ3v) is 6.13. The van der Waals surface area contributed by atoms with Crippen LogP contribution in [0.15, 0.2) is 41.8 Å². The summed E-state index contributed by atoms with van der Waals surface area (Å²) in [7, 11) is 3.03. The monoisotopic (exact) mass is 514 g/mol. The molecule has 0 radical (unpaired) electrons. The molecule has 10 nitrogen and oxygen atoms in total. The third-order valence-electron chi connectivity index (χ3n) is 5.07. The van der Waals surface area contributed by atoms with Gasteiger partial charge in [-0.05, 0) is 42.3 Å². The van der Waals surface area contributed by atoms with Crippen LogP contribution < -0.4 is 14.8 Å². The van der Waals surface area contributed by atoms with Crippen molar-refractivity contribution in [3.8, 4) is 22.6 Å². The Morgan fingerprint density at radius 3 is 2.46 bits per heavy atom. The van der Waals surface area contributed by atoms with Crippen LogP contribution in [0.1, 0.15) is 17.3 Å². The van der Waals surface area contributed by atoms with E-state index in [-0.39, 0.29) is 23.1 Å². The molecular weight excluding hydrogens is 496 g/mol. The quantitative estimate of drug-likeness (QED) is 0.133. The summed E-state index contributed by atoms with van der Waals surface area (Å²) in [6, 6.07) is 9.32. The van der Waals surface area contributed by atoms with Crippen LogP contribution >= 0.6 is 22.9 Å². The molecule has 0 aliphatic heterocycles. The smallest absolute Gasteiger partial charge is 0.341 e. The van der Waals surface area contributed by atoms with Crippen LogP contribution in [0.4, 0.5) is 16.5 Å². The number of anilines is 2. The van der Waals surface area contributed by atoms with Crippen LogP contribution in [0.2, 0.25) is 5.28 Å². The summed E-state index contributed by atoms with van der Waals surface area (Å²) in [6.45, 7) is 1.88. The normalized spacial score (nSPS) is 10.7. The molecule has 0 fully saturated rings. The van der Waals surface area contributed by atoms with Gasteiger partial charge in [-0.1, -0.05) is 0 Å². The summed E-state index contributed by atoms with van der Waals surface area (Å²) in [5.41, 5.74) is 1.92. The number of fused-ring (bicyclic) bond motifs is 1. The van der Waals surface area contributed by atoms with Crippen molar-refractivity contribution in [1.29, 1.82) is 0 Å². The van der Waals surface area contributed by atoms with Crippen LogP contribution in [-0.4, -0.2) is 41.7 Å². The van der Waals surface area contributed by atoms with Crippen molar-refractivity contribution in [3.63, 3.8) is 0 Å². The van der Waals surface area contributed by atoms with E-state index < -0.39 is 10.9 Å². The number of nitro groups is 1. The number of halogens is 1. The first-order valence-electron chi connectivity index (χ1n) is 10.3. The fourth-order valence-electron chi connectivity index (χ4n) is 3.46. The maximum atomic E-state index is 12.9. The Morgan fingerprint density at radius 1 is 1.14 bits per heavy atom. The number of carbonyl (C=O) groups excluding carboxylic acids is 1. The van der Waals surface area contributed by atoms with Gasteiger partial charge in [0.25, 0.3) is 5.69 Å². The Balaban J connectivity index is 1.83. The van der Waals surface area contributed by atoms with Gasteiger partial charge in [-0.2, -0.15) is 4.98 Å². The zero-order chi connectivity index (χ0) is 25.1. The van der Waals surface area contributed by atoms with E-state index >= 15 is 0 Å². The number of nitrogens with zero attached hydrogens (tertiary/aromatic N) is 3. The molecule has 2 aromatic carbocycles. The van der Waals surface area contributed by atoms with Crippen molar-refractivity contribution < 1.29 is 23.9 Å². The Kier molecular flexibility index (Phi) is 6.99. The van der Waals surface area contributed by atoms with Gasteiger partial charge in [0.1, 0.15) is 16.4 Å². The van der Waals surface area contributed by atoms with E-state index in [0.29, 0.717) is 44.3 Å². The molecule has 2 aromatic heterocycles. The highest BCUT2D eigenvalue weighted by Gasteiger charge is 2.23. The second-order valence-electron chi connectivity index (χ2n) is 7.07. The summed E-state index contributed by atoms with van der Waals surface area (Å²) >= 11 is 7.43. The first-order chi connectivity index (χ1) is 16.9. The Labute approximate surface area is 208 Å². The van der Waals surface area contributed by atoms with Crippen molar-refractivity contribution in [1.82, 2.24) is 9.97 Å². The molecule has 0 aliphatic carbocycles. The number of nitro benzene ring substituents is 1. The molecule has 0 saturated heterocycles. The minimum atomic E-state index is -0.548. The lowest BCUT2D eigenvalue weighted by atomic mass is 10.0. The largest absolute Gasteiger partial charge is 0.493 e. The zero-order valence-electron chi connectivity index (χ0n) is 18.8. The first-order valence-corrected chi connectivity index (χ1v) is 11.5. The average Bonchev–Trinajstić information content (AvgIpc) is 3.26. The Hall–Kier alpha value is -3.96. The Bertz CT molecular complexity index is 1420. The van der Waals surface area contributed by atoms with Crippen molar-refractivity contribution in [3.05, 3.63) is 62.7 Å². The standard InChI is InChI=1S/C23H19ClN4O6S/c1-4-34-22(29)19-15(12-5-7-13(8-6-12)28(30)31)11-35-21(19)26-20-14-9-17(32-2)18(33-3)10-16(14)25-23(24)27-20/h5-11H,4H2,1-3H3,(H,25,26,27). The van der Waals surface area contributed by atoms with Gasteiger partial charge >= 0.3 is 5.97 Å². The van der Waals surface area contributed by atoms with Gasteiger partial charge in [0.15, 0.2) is 11.5 Å². The highest BCUT2D eigenvalue weighted by molar-refractivity contribution is 7.15. The van der Waals surface area contributed by atoms with E-state index in [1.807, 2.05) is 0 Å². The highest BCUT2D eigenvalue weighted by Crippen LogP contribution is 2.40. The summed E-state index contributed by atoms with van der Waals surface area (Å²) < 4.78 is 16.0. The summed E-state index contributed by atoms with van der Waals surface area (Å²) in [5.74, 6) is 0.749.